The van der Waals surface area contributed by atoms with E-state index >= 15 is 0 Å². The number of carboxylic acid groups (broad SMARTS) is 1. The van der Waals surface area contributed by atoms with Gasteiger partial charge in [-0.1, -0.05) is 66.4 Å². The molecule has 1 atom stereocenters. The fraction of sp³-hybridized carbons (Fsp3) is 0.0870. The number of thioether (sulfide) groups is 1. The molecule has 1 aromatic heterocycles. The van der Waals surface area contributed by atoms with Crippen LogP contribution in [0.2, 0.25) is 0 Å². The van der Waals surface area contributed by atoms with Crippen molar-refractivity contribution in [2.45, 2.75) is 12.5 Å². The monoisotopic (exact) mass is 453 g/mol. The predicted molar refractivity (Wildman–Crippen MR) is 121 cm³/mol. The summed E-state index contributed by atoms with van der Waals surface area (Å²) in [5, 5.41) is 9.73. The Morgan fingerprint density at radius 1 is 1.13 bits per heavy atom. The average Bonchev–Trinajstić information content (AvgIpc) is 3.32. The Hall–Kier alpha value is -3.23. The number of amides is 1. The second-order valence-corrected chi connectivity index (χ2v) is 8.45. The zero-order valence-electron chi connectivity index (χ0n) is 16.0. The second-order valence-electron chi connectivity index (χ2n) is 6.78. The summed E-state index contributed by atoms with van der Waals surface area (Å²) in [6.45, 7) is 0. The Morgan fingerprint density at radius 2 is 1.84 bits per heavy atom. The van der Waals surface area contributed by atoms with Crippen LogP contribution in [0.3, 0.4) is 0 Å². The molecule has 0 unspecified atom stereocenters. The second kappa shape index (κ2) is 8.87. The van der Waals surface area contributed by atoms with Gasteiger partial charge in [0.2, 0.25) is 0 Å². The first kappa shape index (κ1) is 21.0. The number of rotatable bonds is 6. The highest BCUT2D eigenvalue weighted by Gasteiger charge is 2.40. The van der Waals surface area contributed by atoms with Crippen LogP contribution in [-0.4, -0.2) is 32.2 Å². The third-order valence-electron chi connectivity index (χ3n) is 4.73. The van der Waals surface area contributed by atoms with Gasteiger partial charge in [-0.25, -0.2) is 9.18 Å². The summed E-state index contributed by atoms with van der Waals surface area (Å²) in [6.07, 6.45) is 1.62. The molecule has 0 bridgehead atoms. The number of aliphatic carboxylic acids is 1. The van der Waals surface area contributed by atoms with Crippen molar-refractivity contribution in [3.63, 3.8) is 0 Å². The first-order valence-corrected chi connectivity index (χ1v) is 10.5. The molecule has 1 aliphatic rings. The summed E-state index contributed by atoms with van der Waals surface area (Å²) in [6, 6.07) is 17.4. The van der Waals surface area contributed by atoms with Crippen LogP contribution in [0.15, 0.2) is 76.1 Å². The maximum absolute atomic E-state index is 14.0. The molecule has 1 aliphatic heterocycles. The van der Waals surface area contributed by atoms with E-state index in [4.69, 9.17) is 16.6 Å². The first-order chi connectivity index (χ1) is 14.9. The molecule has 8 heteroatoms. The van der Waals surface area contributed by atoms with E-state index in [-0.39, 0.29) is 15.6 Å². The van der Waals surface area contributed by atoms with Crippen LogP contribution in [-0.2, 0) is 16.0 Å². The number of hydrogen-bond acceptors (Lipinski definition) is 5. The summed E-state index contributed by atoms with van der Waals surface area (Å²) in [5.41, 5.74) is 1.09. The lowest BCUT2D eigenvalue weighted by Crippen LogP contribution is -2.45. The molecule has 2 aromatic carbocycles. The molecule has 1 amide bonds. The van der Waals surface area contributed by atoms with Crippen LogP contribution < -0.4 is 0 Å². The lowest BCUT2D eigenvalue weighted by molar-refractivity contribution is -0.145. The van der Waals surface area contributed by atoms with Crippen molar-refractivity contribution in [1.82, 2.24) is 4.90 Å². The number of furan rings is 1. The normalized spacial score (nSPS) is 16.2. The van der Waals surface area contributed by atoms with E-state index in [1.165, 1.54) is 12.1 Å². The SMILES string of the molecule is O=C(O)[C@H](Cc1ccccc1)N1C(=O)/C(=C/c2ccc(-c3ccccc3F)o2)SC1=S. The molecule has 1 fully saturated rings. The average molecular weight is 454 g/mol. The zero-order valence-corrected chi connectivity index (χ0v) is 17.7. The molecular weight excluding hydrogens is 437 g/mol. The molecule has 0 radical (unpaired) electrons. The smallest absolute Gasteiger partial charge is 0.327 e. The van der Waals surface area contributed by atoms with Crippen molar-refractivity contribution in [2.24, 2.45) is 0 Å². The Morgan fingerprint density at radius 3 is 2.55 bits per heavy atom. The lowest BCUT2D eigenvalue weighted by atomic mass is 10.0. The number of thiocarbonyl (C=S) groups is 1. The lowest BCUT2D eigenvalue weighted by Gasteiger charge is -2.23. The van der Waals surface area contributed by atoms with Gasteiger partial charge < -0.3 is 9.52 Å². The van der Waals surface area contributed by atoms with E-state index < -0.39 is 23.7 Å². The Labute approximate surface area is 187 Å². The number of halogens is 1. The highest BCUT2D eigenvalue weighted by Crippen LogP contribution is 2.35. The van der Waals surface area contributed by atoms with Gasteiger partial charge >= 0.3 is 5.97 Å². The Balaban J connectivity index is 1.58. The fourth-order valence-corrected chi connectivity index (χ4v) is 4.58. The van der Waals surface area contributed by atoms with Crippen molar-refractivity contribution < 1.29 is 23.5 Å². The number of carboxylic acids is 1. The van der Waals surface area contributed by atoms with Gasteiger partial charge in [-0.2, -0.15) is 0 Å². The van der Waals surface area contributed by atoms with E-state index in [2.05, 4.69) is 0 Å². The Bertz CT molecular complexity index is 1190. The van der Waals surface area contributed by atoms with Gasteiger partial charge in [0.25, 0.3) is 5.91 Å². The van der Waals surface area contributed by atoms with Gasteiger partial charge in [0, 0.05) is 12.5 Å². The molecule has 0 aliphatic carbocycles. The number of nitrogens with zero attached hydrogens (tertiary/aromatic N) is 1. The molecule has 1 N–H and O–H groups in total. The first-order valence-electron chi connectivity index (χ1n) is 9.32. The molecule has 1 saturated heterocycles. The van der Waals surface area contributed by atoms with E-state index in [1.807, 2.05) is 18.2 Å². The summed E-state index contributed by atoms with van der Waals surface area (Å²) in [5.74, 6) is -1.38. The highest BCUT2D eigenvalue weighted by molar-refractivity contribution is 8.26. The van der Waals surface area contributed by atoms with Gasteiger partial charge in [0.15, 0.2) is 0 Å². The van der Waals surface area contributed by atoms with E-state index in [0.29, 0.717) is 17.1 Å². The topological polar surface area (TPSA) is 70.8 Å². The molecule has 156 valence electrons. The molecular formula is C23H16FNO4S2. The molecule has 0 saturated carbocycles. The third kappa shape index (κ3) is 4.45. The van der Waals surface area contributed by atoms with Gasteiger partial charge in [0.1, 0.15) is 27.7 Å². The van der Waals surface area contributed by atoms with Crippen molar-refractivity contribution >= 4 is 46.3 Å². The summed E-state index contributed by atoms with van der Waals surface area (Å²) in [4.78, 5) is 26.3. The standard InChI is InChI=1S/C23H16FNO4S2/c24-17-9-5-4-8-16(17)19-11-10-15(29-19)13-20-21(26)25(23(30)31-20)18(22(27)28)12-14-6-2-1-3-7-14/h1-11,13,18H,12H2,(H,27,28)/b20-13-/t18-/m0/s1. The quantitative estimate of drug-likeness (QED) is 0.419. The van der Waals surface area contributed by atoms with Crippen molar-refractivity contribution in [2.75, 3.05) is 0 Å². The van der Waals surface area contributed by atoms with Gasteiger partial charge in [0.05, 0.1) is 10.5 Å². The third-order valence-corrected chi connectivity index (χ3v) is 6.06. The van der Waals surface area contributed by atoms with Crippen LogP contribution in [0.25, 0.3) is 17.4 Å². The van der Waals surface area contributed by atoms with Crippen molar-refractivity contribution in [1.29, 1.82) is 0 Å². The maximum Gasteiger partial charge on any atom is 0.327 e. The van der Waals surface area contributed by atoms with E-state index in [9.17, 15) is 19.1 Å². The fourth-order valence-electron chi connectivity index (χ4n) is 3.24. The van der Waals surface area contributed by atoms with Crippen molar-refractivity contribution in [3.8, 4) is 11.3 Å². The molecule has 2 heterocycles. The molecule has 0 spiro atoms. The Kier molecular flexibility index (Phi) is 6.01. The minimum atomic E-state index is -1.14. The maximum atomic E-state index is 14.0. The zero-order chi connectivity index (χ0) is 22.0. The summed E-state index contributed by atoms with van der Waals surface area (Å²) in [7, 11) is 0. The number of hydrogen-bond donors (Lipinski definition) is 1. The van der Waals surface area contributed by atoms with E-state index in [0.717, 1.165) is 22.2 Å². The summed E-state index contributed by atoms with van der Waals surface area (Å²) < 4.78 is 19.8. The number of carbonyl (C=O) groups excluding carboxylic acids is 1. The largest absolute Gasteiger partial charge is 0.480 e. The van der Waals surface area contributed by atoms with Crippen LogP contribution in [0, 0.1) is 5.82 Å². The van der Waals surface area contributed by atoms with Gasteiger partial charge in [-0.3, -0.25) is 9.69 Å². The van der Waals surface area contributed by atoms with Crippen LogP contribution in [0.1, 0.15) is 11.3 Å². The molecule has 31 heavy (non-hydrogen) atoms. The molecule has 5 nitrogen and oxygen atoms in total. The van der Waals surface area contributed by atoms with Crippen molar-refractivity contribution in [3.05, 3.63) is 88.8 Å². The highest BCUT2D eigenvalue weighted by atomic mass is 32.2. The number of benzene rings is 2. The van der Waals surface area contributed by atoms with Gasteiger partial charge in [-0.05, 0) is 29.8 Å². The molecule has 3 aromatic rings. The minimum Gasteiger partial charge on any atom is -0.480 e. The summed E-state index contributed by atoms with van der Waals surface area (Å²) >= 11 is 6.32. The molecule has 4 rings (SSSR count). The van der Waals surface area contributed by atoms with Crippen LogP contribution >= 0.6 is 24.0 Å². The van der Waals surface area contributed by atoms with Gasteiger partial charge in [-0.15, -0.1) is 0 Å². The van der Waals surface area contributed by atoms with Crippen LogP contribution in [0.4, 0.5) is 4.39 Å². The number of carbonyl (C=O) groups is 2. The minimum absolute atomic E-state index is 0.133. The van der Waals surface area contributed by atoms with E-state index in [1.54, 1.807) is 42.5 Å². The van der Waals surface area contributed by atoms with Crippen LogP contribution in [0.5, 0.6) is 0 Å². The predicted octanol–water partition coefficient (Wildman–Crippen LogP) is 4.98.